The Kier molecular flexibility index (Phi) is 5.45. The molecule has 25 heavy (non-hydrogen) atoms. The molecule has 0 saturated carbocycles. The average Bonchev–Trinajstić information content (AvgIpc) is 3.32. The Hall–Kier alpha value is -0.890. The second-order valence-corrected chi connectivity index (χ2v) is 9.24. The van der Waals surface area contributed by atoms with Gasteiger partial charge >= 0.3 is 0 Å². The van der Waals surface area contributed by atoms with Crippen LogP contribution in [0.25, 0.3) is 10.2 Å². The van der Waals surface area contributed by atoms with Gasteiger partial charge in [-0.1, -0.05) is 0 Å². The van der Waals surface area contributed by atoms with Crippen molar-refractivity contribution >= 4 is 43.4 Å². The molecule has 0 bridgehead atoms. The lowest BCUT2D eigenvalue weighted by Crippen LogP contribution is -2.34. The van der Waals surface area contributed by atoms with Crippen LogP contribution in [0.1, 0.15) is 42.6 Å². The molecule has 7 heteroatoms. The van der Waals surface area contributed by atoms with E-state index in [1.54, 1.807) is 11.3 Å². The molecule has 5 nitrogen and oxygen atoms in total. The van der Waals surface area contributed by atoms with Crippen LogP contribution in [-0.4, -0.2) is 42.4 Å². The Morgan fingerprint density at radius 2 is 2.00 bits per heavy atom. The van der Waals surface area contributed by atoms with Crippen molar-refractivity contribution in [2.45, 2.75) is 50.9 Å². The maximum absolute atomic E-state index is 12.8. The summed E-state index contributed by atoms with van der Waals surface area (Å²) in [6, 6.07) is 4.10. The summed E-state index contributed by atoms with van der Waals surface area (Å²) in [7, 11) is 0. The van der Waals surface area contributed by atoms with E-state index in [0.29, 0.717) is 6.54 Å². The monoisotopic (exact) mass is 426 g/mol. The number of thiophene rings is 1. The van der Waals surface area contributed by atoms with E-state index < -0.39 is 0 Å². The van der Waals surface area contributed by atoms with E-state index >= 15 is 0 Å². The van der Waals surface area contributed by atoms with E-state index in [4.69, 9.17) is 9.47 Å². The first kappa shape index (κ1) is 17.5. The number of fused-ring (bicyclic) bond motifs is 1. The zero-order valence-electron chi connectivity index (χ0n) is 14.1. The number of carbonyl (C=O) groups is 1. The Bertz CT molecular complexity index is 745. The van der Waals surface area contributed by atoms with Crippen molar-refractivity contribution in [3.8, 4) is 0 Å². The van der Waals surface area contributed by atoms with Gasteiger partial charge in [-0.05, 0) is 60.2 Å². The fourth-order valence-corrected chi connectivity index (χ4v) is 5.22. The van der Waals surface area contributed by atoms with Gasteiger partial charge in [0.15, 0.2) is 0 Å². The highest BCUT2D eigenvalue weighted by Crippen LogP contribution is 2.33. The third-order valence-corrected chi connectivity index (χ3v) is 6.54. The second kappa shape index (κ2) is 7.78. The van der Waals surface area contributed by atoms with Crippen LogP contribution in [0.4, 0.5) is 0 Å². The predicted octanol–water partition coefficient (Wildman–Crippen LogP) is 3.94. The van der Waals surface area contributed by atoms with Crippen molar-refractivity contribution in [1.82, 2.24) is 9.88 Å². The van der Waals surface area contributed by atoms with Gasteiger partial charge in [-0.2, -0.15) is 0 Å². The Balaban J connectivity index is 1.54. The maximum Gasteiger partial charge on any atom is 0.268 e. The molecule has 136 valence electrons. The third kappa shape index (κ3) is 3.94. The van der Waals surface area contributed by atoms with Crippen LogP contribution in [-0.2, 0) is 16.0 Å². The summed E-state index contributed by atoms with van der Waals surface area (Å²) in [6.07, 6.45) is 5.84. The molecule has 0 spiro atoms. The molecule has 2 atom stereocenters. The molecule has 1 N–H and O–H groups in total. The summed E-state index contributed by atoms with van der Waals surface area (Å²) in [5, 5.41) is 3.05. The largest absolute Gasteiger partial charge is 0.376 e. The number of hydrogen-bond donors (Lipinski definition) is 1. The topological polar surface area (TPSA) is 52.5 Å². The summed E-state index contributed by atoms with van der Waals surface area (Å²) in [6.45, 7) is 2.94. The lowest BCUT2D eigenvalue weighted by molar-refractivity contribution is 0.00636. The fourth-order valence-electron chi connectivity index (χ4n) is 3.65. The molecule has 0 aliphatic carbocycles. The van der Waals surface area contributed by atoms with Gasteiger partial charge in [0.25, 0.3) is 5.91 Å². The zero-order valence-corrected chi connectivity index (χ0v) is 16.5. The molecule has 0 radical (unpaired) electrons. The van der Waals surface area contributed by atoms with Crippen LogP contribution in [0.3, 0.4) is 0 Å². The Morgan fingerprint density at radius 3 is 2.76 bits per heavy atom. The third-order valence-electron chi connectivity index (χ3n) is 4.97. The quantitative estimate of drug-likeness (QED) is 0.787. The van der Waals surface area contributed by atoms with Crippen molar-refractivity contribution in [1.29, 1.82) is 0 Å². The number of ether oxygens (including phenoxy) is 2. The maximum atomic E-state index is 12.8. The van der Waals surface area contributed by atoms with E-state index in [9.17, 15) is 4.79 Å². The molecule has 0 aromatic carbocycles. The van der Waals surface area contributed by atoms with Crippen molar-refractivity contribution in [3.05, 3.63) is 21.6 Å². The molecule has 4 rings (SSSR count). The predicted molar refractivity (Wildman–Crippen MR) is 102 cm³/mol. The molecular weight excluding hydrogens is 404 g/mol. The van der Waals surface area contributed by atoms with Crippen LogP contribution < -0.4 is 5.32 Å². The van der Waals surface area contributed by atoms with E-state index in [0.717, 1.165) is 65.1 Å². The lowest BCUT2D eigenvalue weighted by Gasteiger charge is -2.24. The smallest absolute Gasteiger partial charge is 0.268 e. The number of nitrogens with one attached hydrogen (secondary N) is 1. The number of rotatable bonds is 5. The van der Waals surface area contributed by atoms with E-state index in [-0.39, 0.29) is 18.1 Å². The van der Waals surface area contributed by atoms with Gasteiger partial charge in [-0.3, -0.25) is 4.79 Å². The average molecular weight is 427 g/mol. The molecule has 2 aliphatic heterocycles. The highest BCUT2D eigenvalue weighted by molar-refractivity contribution is 9.11. The summed E-state index contributed by atoms with van der Waals surface area (Å²) in [4.78, 5) is 12.8. The van der Waals surface area contributed by atoms with Crippen molar-refractivity contribution < 1.29 is 14.3 Å². The van der Waals surface area contributed by atoms with Gasteiger partial charge in [-0.25, -0.2) is 0 Å². The van der Waals surface area contributed by atoms with E-state index in [1.807, 2.05) is 6.07 Å². The van der Waals surface area contributed by atoms with Crippen LogP contribution >= 0.6 is 27.3 Å². The van der Waals surface area contributed by atoms with Crippen molar-refractivity contribution in [2.75, 3.05) is 19.8 Å². The minimum Gasteiger partial charge on any atom is -0.376 e. The van der Waals surface area contributed by atoms with Gasteiger partial charge < -0.3 is 19.4 Å². The number of amides is 1. The lowest BCUT2D eigenvalue weighted by atomic mass is 10.1. The molecule has 1 amide bonds. The molecule has 4 heterocycles. The molecule has 2 aliphatic rings. The number of halogens is 1. The second-order valence-electron chi connectivity index (χ2n) is 6.77. The Morgan fingerprint density at radius 1 is 1.20 bits per heavy atom. The summed E-state index contributed by atoms with van der Waals surface area (Å²) >= 11 is 5.22. The van der Waals surface area contributed by atoms with E-state index in [1.165, 1.54) is 6.42 Å². The van der Waals surface area contributed by atoms with Gasteiger partial charge in [0.2, 0.25) is 0 Å². The standard InChI is InChI=1S/C18H23BrN2O3S/c19-17-9-14-16(25-17)8-15(18(22)20-10-12-5-3-7-23-12)21(14)11-13-4-1-2-6-24-13/h8-9,12-13H,1-7,10-11H2,(H,20,22)/t12-,13+/m1/s1. The Labute approximate surface area is 159 Å². The molecule has 2 aromatic heterocycles. The highest BCUT2D eigenvalue weighted by Gasteiger charge is 2.23. The normalized spacial score (nSPS) is 24.0. The van der Waals surface area contributed by atoms with Crippen molar-refractivity contribution in [2.24, 2.45) is 0 Å². The number of nitrogens with zero attached hydrogens (tertiary/aromatic N) is 1. The molecule has 2 fully saturated rings. The minimum absolute atomic E-state index is 0.0224. The summed E-state index contributed by atoms with van der Waals surface area (Å²) in [5.41, 5.74) is 1.83. The molecule has 2 aromatic rings. The SMILES string of the molecule is O=C(NC[C@H]1CCCO1)c1cc2sc(Br)cc2n1C[C@@H]1CCCCO1. The first-order valence-corrected chi connectivity index (χ1v) is 10.6. The first-order chi connectivity index (χ1) is 12.2. The number of hydrogen-bond acceptors (Lipinski definition) is 4. The summed E-state index contributed by atoms with van der Waals surface area (Å²) in [5.74, 6) is -0.0224. The van der Waals surface area contributed by atoms with Gasteiger partial charge in [0.05, 0.1) is 26.2 Å². The van der Waals surface area contributed by atoms with Crippen molar-refractivity contribution in [3.63, 3.8) is 0 Å². The first-order valence-electron chi connectivity index (χ1n) is 9.00. The van der Waals surface area contributed by atoms with E-state index in [2.05, 4.69) is 31.9 Å². The molecular formula is C18H23BrN2O3S. The van der Waals surface area contributed by atoms with Crippen LogP contribution in [0.15, 0.2) is 15.9 Å². The van der Waals surface area contributed by atoms with Gasteiger partial charge in [-0.15, -0.1) is 11.3 Å². The summed E-state index contributed by atoms with van der Waals surface area (Å²) < 4.78 is 15.8. The van der Waals surface area contributed by atoms with Gasteiger partial charge in [0.1, 0.15) is 5.69 Å². The minimum atomic E-state index is -0.0224. The van der Waals surface area contributed by atoms with Crippen LogP contribution in [0.2, 0.25) is 0 Å². The van der Waals surface area contributed by atoms with Crippen LogP contribution in [0.5, 0.6) is 0 Å². The number of aromatic nitrogens is 1. The zero-order chi connectivity index (χ0) is 17.2. The molecule has 0 unspecified atom stereocenters. The highest BCUT2D eigenvalue weighted by atomic mass is 79.9. The van der Waals surface area contributed by atoms with Crippen LogP contribution in [0, 0.1) is 0 Å². The van der Waals surface area contributed by atoms with Gasteiger partial charge in [0, 0.05) is 26.3 Å². The fraction of sp³-hybridized carbons (Fsp3) is 0.611. The number of carbonyl (C=O) groups excluding carboxylic acids is 1. The molecule has 2 saturated heterocycles.